The molecule has 2 aromatic carbocycles. The van der Waals surface area contributed by atoms with Crippen LogP contribution >= 0.6 is 24.0 Å². The SMILES string of the molecule is CN=C(NC1CCN(Cc2ccc(F)cc2)CC1)NC1CC1c1ccccc1.I. The summed E-state index contributed by atoms with van der Waals surface area (Å²) < 4.78 is 13.0. The van der Waals surface area contributed by atoms with E-state index in [4.69, 9.17) is 0 Å². The fraction of sp³-hybridized carbons (Fsp3) is 0.435. The summed E-state index contributed by atoms with van der Waals surface area (Å²) in [7, 11) is 1.85. The fourth-order valence-corrected chi connectivity index (χ4v) is 4.05. The number of benzene rings is 2. The van der Waals surface area contributed by atoms with Crippen LogP contribution in [0.15, 0.2) is 59.6 Å². The Morgan fingerprint density at radius 3 is 2.38 bits per heavy atom. The second kappa shape index (κ2) is 10.4. The van der Waals surface area contributed by atoms with E-state index in [1.54, 1.807) is 12.1 Å². The topological polar surface area (TPSA) is 39.7 Å². The lowest BCUT2D eigenvalue weighted by atomic mass is 10.0. The maximum Gasteiger partial charge on any atom is 0.191 e. The Hall–Kier alpha value is -1.67. The number of aliphatic imine (C=N–C) groups is 1. The summed E-state index contributed by atoms with van der Waals surface area (Å²) in [6, 6.07) is 18.5. The minimum atomic E-state index is -0.171. The van der Waals surface area contributed by atoms with Crippen molar-refractivity contribution in [1.29, 1.82) is 0 Å². The molecule has 1 heterocycles. The van der Waals surface area contributed by atoms with Crippen molar-refractivity contribution in [3.05, 3.63) is 71.5 Å². The average Bonchev–Trinajstić information content (AvgIpc) is 3.50. The first-order valence-electron chi connectivity index (χ1n) is 10.2. The number of piperidine rings is 1. The van der Waals surface area contributed by atoms with Crippen LogP contribution in [0.2, 0.25) is 0 Å². The van der Waals surface area contributed by atoms with Crippen LogP contribution in [-0.2, 0) is 6.54 Å². The van der Waals surface area contributed by atoms with Crippen LogP contribution in [0.1, 0.15) is 36.3 Å². The van der Waals surface area contributed by atoms with Gasteiger partial charge in [0.1, 0.15) is 5.82 Å². The van der Waals surface area contributed by atoms with Crippen molar-refractivity contribution >= 4 is 29.9 Å². The van der Waals surface area contributed by atoms with Gasteiger partial charge in [-0.25, -0.2) is 4.39 Å². The first-order chi connectivity index (χ1) is 13.7. The molecule has 0 aromatic heterocycles. The zero-order valence-corrected chi connectivity index (χ0v) is 19.2. The molecule has 2 fully saturated rings. The van der Waals surface area contributed by atoms with Crippen molar-refractivity contribution in [2.24, 2.45) is 4.99 Å². The van der Waals surface area contributed by atoms with Gasteiger partial charge in [-0.15, -0.1) is 24.0 Å². The van der Waals surface area contributed by atoms with Gasteiger partial charge in [-0.3, -0.25) is 9.89 Å². The molecular weight excluding hydrogens is 478 g/mol. The largest absolute Gasteiger partial charge is 0.354 e. The lowest BCUT2D eigenvalue weighted by molar-refractivity contribution is 0.198. The molecule has 6 heteroatoms. The van der Waals surface area contributed by atoms with Crippen molar-refractivity contribution in [1.82, 2.24) is 15.5 Å². The second-order valence-electron chi connectivity index (χ2n) is 7.90. The monoisotopic (exact) mass is 508 g/mol. The van der Waals surface area contributed by atoms with Gasteiger partial charge in [-0.1, -0.05) is 42.5 Å². The third kappa shape index (κ3) is 6.15. The summed E-state index contributed by atoms with van der Waals surface area (Å²) in [6.07, 6.45) is 3.35. The highest BCUT2D eigenvalue weighted by atomic mass is 127. The van der Waals surface area contributed by atoms with E-state index >= 15 is 0 Å². The maximum absolute atomic E-state index is 13.0. The van der Waals surface area contributed by atoms with E-state index in [0.717, 1.165) is 38.4 Å². The third-order valence-electron chi connectivity index (χ3n) is 5.81. The van der Waals surface area contributed by atoms with Crippen LogP contribution < -0.4 is 10.6 Å². The number of hydrogen-bond acceptors (Lipinski definition) is 2. The normalized spacial score (nSPS) is 22.6. The smallest absolute Gasteiger partial charge is 0.191 e. The standard InChI is InChI=1S/C23H29FN4.HI/c1-25-23(27-22-15-21(22)18-5-3-2-4-6-18)26-20-11-13-28(14-12-20)16-17-7-9-19(24)10-8-17;/h2-10,20-22H,11-16H2,1H3,(H2,25,26,27);1H. The van der Waals surface area contributed by atoms with Crippen LogP contribution in [0.4, 0.5) is 4.39 Å². The van der Waals surface area contributed by atoms with Crippen LogP contribution in [0.5, 0.6) is 0 Å². The van der Waals surface area contributed by atoms with Gasteiger partial charge in [0, 0.05) is 44.7 Å². The van der Waals surface area contributed by atoms with Crippen molar-refractivity contribution in [3.63, 3.8) is 0 Å². The number of nitrogens with zero attached hydrogens (tertiary/aromatic N) is 2. The minimum absolute atomic E-state index is 0. The predicted octanol–water partition coefficient (Wildman–Crippen LogP) is 4.13. The first-order valence-corrected chi connectivity index (χ1v) is 10.2. The van der Waals surface area contributed by atoms with E-state index in [-0.39, 0.29) is 29.8 Å². The number of likely N-dealkylation sites (tertiary alicyclic amines) is 1. The third-order valence-corrected chi connectivity index (χ3v) is 5.81. The number of hydrogen-bond donors (Lipinski definition) is 2. The molecule has 0 bridgehead atoms. The van der Waals surface area contributed by atoms with Crippen LogP contribution in [0.3, 0.4) is 0 Å². The Morgan fingerprint density at radius 2 is 1.72 bits per heavy atom. The Bertz CT molecular complexity index is 788. The van der Waals surface area contributed by atoms with Crippen LogP contribution in [-0.4, -0.2) is 43.1 Å². The average molecular weight is 508 g/mol. The highest BCUT2D eigenvalue weighted by Crippen LogP contribution is 2.40. The van der Waals surface area contributed by atoms with Gasteiger partial charge in [0.2, 0.25) is 0 Å². The molecule has 4 nitrogen and oxygen atoms in total. The predicted molar refractivity (Wildman–Crippen MR) is 127 cm³/mol. The van der Waals surface area contributed by atoms with E-state index in [1.165, 1.54) is 17.5 Å². The molecule has 0 amide bonds. The summed E-state index contributed by atoms with van der Waals surface area (Å²) in [4.78, 5) is 6.87. The molecule has 1 saturated heterocycles. The second-order valence-corrected chi connectivity index (χ2v) is 7.90. The summed E-state index contributed by atoms with van der Waals surface area (Å²) in [5.41, 5.74) is 2.58. The molecule has 1 aliphatic carbocycles. The van der Waals surface area contributed by atoms with Gasteiger partial charge in [0.25, 0.3) is 0 Å². The van der Waals surface area contributed by atoms with Gasteiger partial charge < -0.3 is 10.6 Å². The molecule has 1 aliphatic heterocycles. The highest BCUT2D eigenvalue weighted by Gasteiger charge is 2.39. The molecule has 2 aromatic rings. The first kappa shape index (κ1) is 22.0. The number of rotatable bonds is 5. The molecule has 156 valence electrons. The van der Waals surface area contributed by atoms with E-state index in [9.17, 15) is 4.39 Å². The van der Waals surface area contributed by atoms with Gasteiger partial charge in [-0.2, -0.15) is 0 Å². The van der Waals surface area contributed by atoms with Crippen LogP contribution in [0, 0.1) is 5.82 Å². The van der Waals surface area contributed by atoms with Gasteiger partial charge in [0.05, 0.1) is 0 Å². The molecule has 29 heavy (non-hydrogen) atoms. The molecule has 0 radical (unpaired) electrons. The molecule has 2 unspecified atom stereocenters. The highest BCUT2D eigenvalue weighted by molar-refractivity contribution is 14.0. The molecule has 0 spiro atoms. The van der Waals surface area contributed by atoms with E-state index < -0.39 is 0 Å². The Morgan fingerprint density at radius 1 is 1.03 bits per heavy atom. The summed E-state index contributed by atoms with van der Waals surface area (Å²) in [5, 5.41) is 7.19. The molecule has 2 aliphatic rings. The lowest BCUT2D eigenvalue weighted by Crippen LogP contribution is -2.49. The minimum Gasteiger partial charge on any atom is -0.354 e. The molecule has 2 N–H and O–H groups in total. The maximum atomic E-state index is 13.0. The fourth-order valence-electron chi connectivity index (χ4n) is 4.05. The van der Waals surface area contributed by atoms with Gasteiger partial charge in [0.15, 0.2) is 5.96 Å². The molecule has 1 saturated carbocycles. The summed E-state index contributed by atoms with van der Waals surface area (Å²) in [6.45, 7) is 2.98. The van der Waals surface area contributed by atoms with E-state index in [0.29, 0.717) is 18.0 Å². The quantitative estimate of drug-likeness (QED) is 0.363. The van der Waals surface area contributed by atoms with Crippen molar-refractivity contribution < 1.29 is 4.39 Å². The summed E-state index contributed by atoms with van der Waals surface area (Å²) >= 11 is 0. The molecular formula is C23H30FIN4. The van der Waals surface area contributed by atoms with Crippen molar-refractivity contribution in [2.75, 3.05) is 20.1 Å². The Labute approximate surface area is 190 Å². The molecule has 4 rings (SSSR count). The van der Waals surface area contributed by atoms with E-state index in [2.05, 4.69) is 50.9 Å². The number of halogens is 2. The number of guanidine groups is 1. The number of nitrogens with one attached hydrogen (secondary N) is 2. The lowest BCUT2D eigenvalue weighted by Gasteiger charge is -2.33. The van der Waals surface area contributed by atoms with E-state index in [1.807, 2.05) is 19.2 Å². The van der Waals surface area contributed by atoms with Gasteiger partial charge >= 0.3 is 0 Å². The Kier molecular flexibility index (Phi) is 7.89. The molecule has 2 atom stereocenters. The van der Waals surface area contributed by atoms with Crippen LogP contribution in [0.25, 0.3) is 0 Å². The zero-order chi connectivity index (χ0) is 19.3. The summed E-state index contributed by atoms with van der Waals surface area (Å²) in [5.74, 6) is 1.34. The Balaban J connectivity index is 0.00000240. The van der Waals surface area contributed by atoms with Crippen molar-refractivity contribution in [3.8, 4) is 0 Å². The van der Waals surface area contributed by atoms with Gasteiger partial charge in [-0.05, 0) is 42.5 Å². The van der Waals surface area contributed by atoms with Crippen molar-refractivity contribution in [2.45, 2.75) is 43.8 Å². The zero-order valence-electron chi connectivity index (χ0n) is 16.9.